The zero-order valence-corrected chi connectivity index (χ0v) is 20.2. The van der Waals surface area contributed by atoms with E-state index in [0.717, 1.165) is 28.6 Å². The average molecular weight is 500 g/mol. The first-order valence-corrected chi connectivity index (χ1v) is 12.1. The highest BCUT2D eigenvalue weighted by Crippen LogP contribution is 2.33. The maximum absolute atomic E-state index is 12.8. The van der Waals surface area contributed by atoms with E-state index in [4.69, 9.17) is 23.8 Å². The molecule has 2 aromatic carbocycles. The van der Waals surface area contributed by atoms with E-state index in [1.807, 2.05) is 18.2 Å². The Kier molecular flexibility index (Phi) is 7.05. The van der Waals surface area contributed by atoms with Crippen molar-refractivity contribution in [3.05, 3.63) is 86.2 Å². The first kappa shape index (κ1) is 22.7. The number of hydrogen-bond donors (Lipinski definition) is 1. The number of thiocarbonyl (C=S) groups is 1. The minimum absolute atomic E-state index is 0.169. The molecule has 0 bridgehead atoms. The molecule has 1 aliphatic heterocycles. The van der Waals surface area contributed by atoms with E-state index in [-0.39, 0.29) is 18.4 Å². The van der Waals surface area contributed by atoms with Gasteiger partial charge in [0.1, 0.15) is 10.9 Å². The summed E-state index contributed by atoms with van der Waals surface area (Å²) in [6.07, 6.45) is 4.19. The Morgan fingerprint density at radius 1 is 1.22 bits per heavy atom. The largest absolute Gasteiger partial charge is 0.300 e. The van der Waals surface area contributed by atoms with E-state index >= 15 is 0 Å². The predicted molar refractivity (Wildman–Crippen MR) is 136 cm³/mol. The third-order valence-electron chi connectivity index (χ3n) is 4.67. The molecule has 1 saturated heterocycles. The SMILES string of the molecule is Cc1ccc(Cc2cnc(NC(=O)CN3C(=O)/C(=C\c4ccccc4Cl)SC3=S)s2)cc1. The molecular weight excluding hydrogens is 482 g/mol. The van der Waals surface area contributed by atoms with Crippen LogP contribution in [0.3, 0.4) is 0 Å². The molecule has 0 unspecified atom stereocenters. The third kappa shape index (κ3) is 5.45. The maximum atomic E-state index is 12.8. The van der Waals surface area contributed by atoms with Crippen LogP contribution >= 0.6 is 46.9 Å². The molecule has 0 radical (unpaired) electrons. The molecule has 1 aliphatic rings. The van der Waals surface area contributed by atoms with E-state index < -0.39 is 0 Å². The van der Waals surface area contributed by atoms with Gasteiger partial charge in [-0.3, -0.25) is 14.5 Å². The minimum Gasteiger partial charge on any atom is -0.300 e. The summed E-state index contributed by atoms with van der Waals surface area (Å²) in [5.74, 6) is -0.661. The van der Waals surface area contributed by atoms with Crippen LogP contribution in [0.15, 0.2) is 59.6 Å². The van der Waals surface area contributed by atoms with Gasteiger partial charge >= 0.3 is 0 Å². The summed E-state index contributed by atoms with van der Waals surface area (Å²) in [5.41, 5.74) is 3.12. The Balaban J connectivity index is 1.37. The van der Waals surface area contributed by atoms with Crippen LogP contribution in [0.25, 0.3) is 6.08 Å². The van der Waals surface area contributed by atoms with Crippen molar-refractivity contribution in [2.75, 3.05) is 11.9 Å². The number of carbonyl (C=O) groups is 2. The summed E-state index contributed by atoms with van der Waals surface area (Å²) in [5, 5.41) is 3.80. The lowest BCUT2D eigenvalue weighted by Crippen LogP contribution is -2.36. The van der Waals surface area contributed by atoms with E-state index in [0.29, 0.717) is 19.4 Å². The molecule has 5 nitrogen and oxygen atoms in total. The summed E-state index contributed by atoms with van der Waals surface area (Å²) in [6, 6.07) is 15.5. The van der Waals surface area contributed by atoms with Crippen molar-refractivity contribution in [2.24, 2.45) is 0 Å². The fourth-order valence-corrected chi connectivity index (χ4v) is 5.33. The Labute approximate surface area is 204 Å². The standard InChI is InChI=1S/C23H18ClN3O2S3/c1-14-6-8-15(9-7-14)10-17-12-25-22(31-17)26-20(28)13-27-21(29)19(32-23(27)30)11-16-4-2-3-5-18(16)24/h2-9,11-12H,10,13H2,1H3,(H,25,26,28)/b19-11+. The topological polar surface area (TPSA) is 62.3 Å². The average Bonchev–Trinajstić information content (AvgIpc) is 3.30. The van der Waals surface area contributed by atoms with Gasteiger partial charge in [0.25, 0.3) is 5.91 Å². The van der Waals surface area contributed by atoms with Crippen LogP contribution in [0.4, 0.5) is 5.13 Å². The summed E-state index contributed by atoms with van der Waals surface area (Å²) in [7, 11) is 0. The third-order valence-corrected chi connectivity index (χ3v) is 7.30. The fourth-order valence-electron chi connectivity index (χ4n) is 3.03. The van der Waals surface area contributed by atoms with Gasteiger partial charge < -0.3 is 5.32 Å². The number of aromatic nitrogens is 1. The van der Waals surface area contributed by atoms with Gasteiger partial charge in [0.2, 0.25) is 5.91 Å². The van der Waals surface area contributed by atoms with Crippen LogP contribution < -0.4 is 5.32 Å². The molecule has 0 spiro atoms. The second-order valence-electron chi connectivity index (χ2n) is 7.13. The van der Waals surface area contributed by atoms with Crippen molar-refractivity contribution in [3.63, 3.8) is 0 Å². The van der Waals surface area contributed by atoms with Crippen LogP contribution in [0.5, 0.6) is 0 Å². The molecule has 2 amide bonds. The number of thioether (sulfide) groups is 1. The lowest BCUT2D eigenvalue weighted by atomic mass is 10.1. The van der Waals surface area contributed by atoms with Gasteiger partial charge in [0.05, 0.1) is 4.91 Å². The zero-order chi connectivity index (χ0) is 22.7. The van der Waals surface area contributed by atoms with Crippen LogP contribution in [0, 0.1) is 6.92 Å². The number of hydrogen-bond acceptors (Lipinski definition) is 6. The Hall–Kier alpha value is -2.52. The van der Waals surface area contributed by atoms with Gasteiger partial charge in [-0.1, -0.05) is 83.6 Å². The van der Waals surface area contributed by atoms with Gasteiger partial charge in [-0.25, -0.2) is 4.98 Å². The first-order valence-electron chi connectivity index (χ1n) is 9.69. The van der Waals surface area contributed by atoms with E-state index in [9.17, 15) is 9.59 Å². The number of nitrogens with zero attached hydrogens (tertiary/aromatic N) is 2. The molecule has 1 N–H and O–H groups in total. The van der Waals surface area contributed by atoms with E-state index in [1.165, 1.54) is 27.4 Å². The number of carbonyl (C=O) groups excluding carboxylic acids is 2. The molecule has 0 saturated carbocycles. The van der Waals surface area contributed by atoms with Gasteiger partial charge in [0, 0.05) is 22.5 Å². The normalized spacial score (nSPS) is 14.9. The fraction of sp³-hybridized carbons (Fsp3) is 0.130. The van der Waals surface area contributed by atoms with Gasteiger partial charge in [-0.05, 0) is 30.2 Å². The molecule has 1 aromatic heterocycles. The highest BCUT2D eigenvalue weighted by Gasteiger charge is 2.33. The van der Waals surface area contributed by atoms with Crippen molar-refractivity contribution in [1.29, 1.82) is 0 Å². The zero-order valence-electron chi connectivity index (χ0n) is 17.0. The molecule has 4 rings (SSSR count). The number of aryl methyl sites for hydroxylation is 1. The van der Waals surface area contributed by atoms with Crippen molar-refractivity contribution in [3.8, 4) is 0 Å². The van der Waals surface area contributed by atoms with Gasteiger partial charge in [-0.15, -0.1) is 11.3 Å². The summed E-state index contributed by atoms with van der Waals surface area (Å²) in [4.78, 5) is 32.3. The predicted octanol–water partition coefficient (Wildman–Crippen LogP) is 5.54. The summed E-state index contributed by atoms with van der Waals surface area (Å²) >= 11 is 14.1. The number of amides is 2. The summed E-state index contributed by atoms with van der Waals surface area (Å²) in [6.45, 7) is 1.88. The molecule has 1 fully saturated rings. The number of anilines is 1. The molecular formula is C23H18ClN3O2S3. The number of nitrogens with one attached hydrogen (secondary N) is 1. The molecule has 2 heterocycles. The van der Waals surface area contributed by atoms with Crippen LogP contribution in [0.1, 0.15) is 21.6 Å². The van der Waals surface area contributed by atoms with Crippen molar-refractivity contribution >= 4 is 74.3 Å². The molecule has 9 heteroatoms. The molecule has 3 aromatic rings. The second kappa shape index (κ2) is 9.95. The van der Waals surface area contributed by atoms with Crippen LogP contribution in [-0.2, 0) is 16.0 Å². The lowest BCUT2D eigenvalue weighted by molar-refractivity contribution is -0.126. The number of rotatable bonds is 6. The molecule has 32 heavy (non-hydrogen) atoms. The molecule has 0 atom stereocenters. The van der Waals surface area contributed by atoms with Crippen molar-refractivity contribution in [1.82, 2.24) is 9.88 Å². The van der Waals surface area contributed by atoms with Crippen molar-refractivity contribution < 1.29 is 9.59 Å². The monoisotopic (exact) mass is 499 g/mol. The smallest absolute Gasteiger partial charge is 0.266 e. The van der Waals surface area contributed by atoms with Gasteiger partial charge in [0.15, 0.2) is 5.13 Å². The highest BCUT2D eigenvalue weighted by atomic mass is 35.5. The first-order chi connectivity index (χ1) is 15.4. The molecule has 162 valence electrons. The quantitative estimate of drug-likeness (QED) is 0.356. The number of benzene rings is 2. The van der Waals surface area contributed by atoms with Crippen molar-refractivity contribution in [2.45, 2.75) is 13.3 Å². The van der Waals surface area contributed by atoms with E-state index in [1.54, 1.807) is 18.3 Å². The minimum atomic E-state index is -0.350. The molecule has 0 aliphatic carbocycles. The van der Waals surface area contributed by atoms with Gasteiger partial charge in [-0.2, -0.15) is 0 Å². The Morgan fingerprint density at radius 2 is 1.97 bits per heavy atom. The van der Waals surface area contributed by atoms with E-state index in [2.05, 4.69) is 41.5 Å². The Bertz CT molecular complexity index is 1220. The number of thiazole rings is 1. The Morgan fingerprint density at radius 3 is 2.72 bits per heavy atom. The second-order valence-corrected chi connectivity index (χ2v) is 10.3. The van der Waals surface area contributed by atoms with Crippen LogP contribution in [-0.4, -0.2) is 32.6 Å². The lowest BCUT2D eigenvalue weighted by Gasteiger charge is -2.13. The number of halogens is 1. The maximum Gasteiger partial charge on any atom is 0.266 e. The summed E-state index contributed by atoms with van der Waals surface area (Å²) < 4.78 is 0.336. The van der Waals surface area contributed by atoms with Crippen LogP contribution in [0.2, 0.25) is 5.02 Å². The highest BCUT2D eigenvalue weighted by molar-refractivity contribution is 8.26.